The molecule has 1 amide bonds. The summed E-state index contributed by atoms with van der Waals surface area (Å²) < 4.78 is 25.9. The second-order valence-corrected chi connectivity index (χ2v) is 10.3. The van der Waals surface area contributed by atoms with E-state index in [0.717, 1.165) is 24.9 Å². The van der Waals surface area contributed by atoms with Crippen LogP contribution in [-0.4, -0.2) is 58.4 Å². The van der Waals surface area contributed by atoms with E-state index in [-0.39, 0.29) is 16.8 Å². The minimum atomic E-state index is -3.52. The molecule has 1 saturated carbocycles. The van der Waals surface area contributed by atoms with E-state index >= 15 is 0 Å². The minimum Gasteiger partial charge on any atom is -0.465 e. The maximum atomic E-state index is 11.7. The first-order chi connectivity index (χ1) is 16.1. The van der Waals surface area contributed by atoms with Crippen LogP contribution in [0.2, 0.25) is 5.02 Å². The van der Waals surface area contributed by atoms with Crippen LogP contribution in [0.15, 0.2) is 30.5 Å². The number of hydrogen-bond donors (Lipinski definition) is 5. The number of carboxylic acid groups (broad SMARTS) is 1. The summed E-state index contributed by atoms with van der Waals surface area (Å²) in [4.78, 5) is 27.7. The Morgan fingerprint density at radius 2 is 2.06 bits per heavy atom. The molecule has 2 aromatic heterocycles. The summed E-state index contributed by atoms with van der Waals surface area (Å²) in [7, 11) is -3.52. The maximum Gasteiger partial charge on any atom is 0.404 e. The number of H-pyrrole nitrogens is 1. The van der Waals surface area contributed by atoms with Gasteiger partial charge >= 0.3 is 6.09 Å². The van der Waals surface area contributed by atoms with E-state index in [4.69, 9.17) is 21.7 Å². The molecule has 1 atom stereocenters. The molecule has 13 heteroatoms. The molecule has 0 saturated heterocycles. The fraction of sp³-hybridized carbons (Fsp3) is 0.333. The number of anilines is 2. The number of benzene rings is 1. The Hall–Kier alpha value is -3.38. The topological polar surface area (TPSA) is 162 Å². The van der Waals surface area contributed by atoms with Gasteiger partial charge in [-0.2, -0.15) is 0 Å². The van der Waals surface area contributed by atoms with Crippen LogP contribution in [-0.2, 0) is 10.0 Å². The number of halogens is 1. The van der Waals surface area contributed by atoms with Crippen molar-refractivity contribution < 1.29 is 18.3 Å². The van der Waals surface area contributed by atoms with Crippen molar-refractivity contribution >= 4 is 39.4 Å². The Bertz CT molecular complexity index is 1320. The monoisotopic (exact) mass is 505 g/mol. The van der Waals surface area contributed by atoms with Gasteiger partial charge in [0.1, 0.15) is 5.82 Å². The first kappa shape index (κ1) is 23.8. The van der Waals surface area contributed by atoms with Crippen LogP contribution < -0.4 is 15.4 Å². The number of rotatable bonds is 9. The SMILES string of the molecule is C[C@@H](CNc1nccc(-c2[nH]c(C3CC3)nc2-c2cccc(NS(C)(=O)=O)c2Cl)n1)NC(=O)O. The average molecular weight is 506 g/mol. The zero-order valence-electron chi connectivity index (χ0n) is 18.5. The largest absolute Gasteiger partial charge is 0.465 e. The highest BCUT2D eigenvalue weighted by Gasteiger charge is 2.29. The van der Waals surface area contributed by atoms with Gasteiger partial charge in [0.25, 0.3) is 0 Å². The fourth-order valence-electron chi connectivity index (χ4n) is 3.40. The van der Waals surface area contributed by atoms with E-state index in [1.54, 1.807) is 37.4 Å². The Morgan fingerprint density at radius 1 is 1.29 bits per heavy atom. The summed E-state index contributed by atoms with van der Waals surface area (Å²) in [5.74, 6) is 1.46. The number of aromatic nitrogens is 4. The molecule has 5 N–H and O–H groups in total. The first-order valence-electron chi connectivity index (χ1n) is 10.5. The van der Waals surface area contributed by atoms with Crippen molar-refractivity contribution in [3.63, 3.8) is 0 Å². The molecule has 0 radical (unpaired) electrons. The van der Waals surface area contributed by atoms with Crippen molar-refractivity contribution in [3.8, 4) is 22.6 Å². The summed E-state index contributed by atoms with van der Waals surface area (Å²) in [6, 6.07) is 6.43. The Morgan fingerprint density at radius 3 is 2.74 bits per heavy atom. The van der Waals surface area contributed by atoms with E-state index in [2.05, 4.69) is 30.3 Å². The third-order valence-electron chi connectivity index (χ3n) is 5.08. The number of carbonyl (C=O) groups is 1. The number of sulfonamides is 1. The van der Waals surface area contributed by atoms with Crippen LogP contribution in [0.1, 0.15) is 31.5 Å². The normalized spacial score (nSPS) is 14.4. The summed E-state index contributed by atoms with van der Waals surface area (Å²) in [6.45, 7) is 2.02. The van der Waals surface area contributed by atoms with Gasteiger partial charge in [-0.05, 0) is 31.9 Å². The quantitative estimate of drug-likeness (QED) is 0.295. The van der Waals surface area contributed by atoms with E-state index in [1.807, 2.05) is 0 Å². The molecule has 0 aliphatic heterocycles. The predicted octanol–water partition coefficient (Wildman–Crippen LogP) is 3.50. The number of imidazole rings is 1. The Balaban J connectivity index is 1.70. The molecule has 180 valence electrons. The lowest BCUT2D eigenvalue weighted by Gasteiger charge is -2.13. The van der Waals surface area contributed by atoms with E-state index in [9.17, 15) is 13.2 Å². The molecule has 2 heterocycles. The van der Waals surface area contributed by atoms with Crippen molar-refractivity contribution in [1.29, 1.82) is 0 Å². The number of amides is 1. The second kappa shape index (κ2) is 9.47. The standard InChI is InChI=1S/C21H24ClN7O4S/c1-11(25-21(30)31)10-24-20-23-9-8-15(26-20)18-17(27-19(28-18)12-6-7-12)13-4-3-5-14(16(13)22)29-34(2,32)33/h3-5,8-9,11-12,25,29H,6-7,10H2,1-2H3,(H,27,28)(H,30,31)(H,23,24,26)/t11-/m0/s1. The minimum absolute atomic E-state index is 0.226. The molecule has 1 aromatic carbocycles. The van der Waals surface area contributed by atoms with Gasteiger partial charge in [-0.3, -0.25) is 4.72 Å². The Kier molecular flexibility index (Phi) is 6.62. The van der Waals surface area contributed by atoms with Crippen LogP contribution in [0.3, 0.4) is 0 Å². The van der Waals surface area contributed by atoms with Gasteiger partial charge in [-0.1, -0.05) is 23.7 Å². The van der Waals surface area contributed by atoms with Crippen LogP contribution >= 0.6 is 11.6 Å². The highest BCUT2D eigenvalue weighted by molar-refractivity contribution is 7.92. The molecule has 0 bridgehead atoms. The zero-order chi connectivity index (χ0) is 24.5. The number of hydrogen-bond acceptors (Lipinski definition) is 7. The van der Waals surface area contributed by atoms with Gasteiger partial charge < -0.3 is 20.7 Å². The summed E-state index contributed by atoms with van der Waals surface area (Å²) in [6.07, 6.45) is 3.60. The summed E-state index contributed by atoms with van der Waals surface area (Å²) >= 11 is 6.59. The van der Waals surface area contributed by atoms with E-state index in [1.165, 1.54) is 0 Å². The number of aromatic amines is 1. The predicted molar refractivity (Wildman–Crippen MR) is 130 cm³/mol. The van der Waals surface area contributed by atoms with E-state index in [0.29, 0.717) is 41.1 Å². The van der Waals surface area contributed by atoms with Gasteiger partial charge in [0.15, 0.2) is 0 Å². The molecular formula is C21H24ClN7O4S. The van der Waals surface area contributed by atoms with Crippen molar-refractivity contribution in [2.45, 2.75) is 31.7 Å². The highest BCUT2D eigenvalue weighted by atomic mass is 35.5. The fourth-order valence-corrected chi connectivity index (χ4v) is 4.29. The zero-order valence-corrected chi connectivity index (χ0v) is 20.0. The molecule has 34 heavy (non-hydrogen) atoms. The van der Waals surface area contributed by atoms with Gasteiger partial charge in [-0.15, -0.1) is 0 Å². The lowest BCUT2D eigenvalue weighted by molar-refractivity contribution is 0.191. The molecule has 1 fully saturated rings. The summed E-state index contributed by atoms with van der Waals surface area (Å²) in [5, 5.41) is 14.4. The van der Waals surface area contributed by atoms with Crippen LogP contribution in [0, 0.1) is 0 Å². The average Bonchev–Trinajstić information content (AvgIpc) is 3.51. The highest BCUT2D eigenvalue weighted by Crippen LogP contribution is 2.43. The van der Waals surface area contributed by atoms with Gasteiger partial charge in [-0.25, -0.2) is 28.2 Å². The number of nitrogens with zero attached hydrogens (tertiary/aromatic N) is 3. The lowest BCUT2D eigenvalue weighted by atomic mass is 10.1. The lowest BCUT2D eigenvalue weighted by Crippen LogP contribution is -2.36. The molecule has 1 aliphatic carbocycles. The third-order valence-corrected chi connectivity index (χ3v) is 6.08. The molecule has 0 spiro atoms. The molecular weight excluding hydrogens is 482 g/mol. The van der Waals surface area contributed by atoms with Crippen molar-refractivity contribution in [2.24, 2.45) is 0 Å². The van der Waals surface area contributed by atoms with Gasteiger partial charge in [0.05, 0.1) is 34.0 Å². The second-order valence-electron chi connectivity index (χ2n) is 8.16. The van der Waals surface area contributed by atoms with Crippen LogP contribution in [0.4, 0.5) is 16.4 Å². The first-order valence-corrected chi connectivity index (χ1v) is 12.8. The van der Waals surface area contributed by atoms with Gasteiger partial charge in [0.2, 0.25) is 16.0 Å². The number of nitrogens with one attached hydrogen (secondary N) is 4. The third kappa shape index (κ3) is 5.75. The molecule has 4 rings (SSSR count). The van der Waals surface area contributed by atoms with Crippen LogP contribution in [0.5, 0.6) is 0 Å². The molecule has 1 aliphatic rings. The van der Waals surface area contributed by atoms with Gasteiger partial charge in [0, 0.05) is 30.3 Å². The van der Waals surface area contributed by atoms with Crippen LogP contribution in [0.25, 0.3) is 22.6 Å². The molecule has 3 aromatic rings. The van der Waals surface area contributed by atoms with Crippen molar-refractivity contribution in [1.82, 2.24) is 25.3 Å². The van der Waals surface area contributed by atoms with Crippen molar-refractivity contribution in [2.75, 3.05) is 22.8 Å². The molecule has 11 nitrogen and oxygen atoms in total. The smallest absolute Gasteiger partial charge is 0.404 e. The molecule has 0 unspecified atom stereocenters. The summed E-state index contributed by atoms with van der Waals surface area (Å²) in [5.41, 5.74) is 2.55. The van der Waals surface area contributed by atoms with Crippen molar-refractivity contribution in [3.05, 3.63) is 41.3 Å². The maximum absolute atomic E-state index is 11.7. The van der Waals surface area contributed by atoms with E-state index < -0.39 is 16.1 Å². The Labute approximate surface area is 201 Å².